The molecule has 0 saturated heterocycles. The van der Waals surface area contributed by atoms with Crippen LogP contribution in [0.1, 0.15) is 25.3 Å². The molecule has 0 aliphatic rings. The van der Waals surface area contributed by atoms with E-state index < -0.39 is 0 Å². The lowest BCUT2D eigenvalue weighted by atomic mass is 9.99. The molecule has 1 unspecified atom stereocenters. The van der Waals surface area contributed by atoms with Gasteiger partial charge in [-0.15, -0.1) is 0 Å². The van der Waals surface area contributed by atoms with Gasteiger partial charge in [0.05, 0.1) is 0 Å². The van der Waals surface area contributed by atoms with Gasteiger partial charge >= 0.3 is 0 Å². The Morgan fingerprint density at radius 3 is 2.50 bits per heavy atom. The summed E-state index contributed by atoms with van der Waals surface area (Å²) in [5.74, 6) is 0.616. The van der Waals surface area contributed by atoms with E-state index in [1.165, 1.54) is 24.8 Å². The SMILES string of the molecule is [CH2]C(CC)CCc1ccccc1. The number of hydrogen-bond acceptors (Lipinski definition) is 0. The molecule has 1 radical (unpaired) electrons. The standard InChI is InChI=1S/C12H17/c1-3-11(2)9-10-12-7-5-4-6-8-12/h4-8,11H,2-3,9-10H2,1H3. The van der Waals surface area contributed by atoms with Crippen LogP contribution in [0.25, 0.3) is 0 Å². The third-order valence-electron chi connectivity index (χ3n) is 2.26. The molecule has 0 bridgehead atoms. The molecule has 0 aliphatic carbocycles. The van der Waals surface area contributed by atoms with Crippen molar-refractivity contribution in [3.8, 4) is 0 Å². The van der Waals surface area contributed by atoms with Gasteiger partial charge in [-0.2, -0.15) is 0 Å². The topological polar surface area (TPSA) is 0 Å². The van der Waals surface area contributed by atoms with Crippen molar-refractivity contribution in [1.29, 1.82) is 0 Å². The van der Waals surface area contributed by atoms with Crippen LogP contribution < -0.4 is 0 Å². The van der Waals surface area contributed by atoms with Crippen LogP contribution in [0, 0.1) is 12.8 Å². The molecule has 1 rings (SSSR count). The van der Waals surface area contributed by atoms with Gasteiger partial charge in [0.15, 0.2) is 0 Å². The number of benzene rings is 1. The predicted octanol–water partition coefficient (Wildman–Crippen LogP) is 3.48. The zero-order valence-corrected chi connectivity index (χ0v) is 7.79. The maximum absolute atomic E-state index is 4.07. The molecule has 1 atom stereocenters. The molecule has 65 valence electrons. The van der Waals surface area contributed by atoms with E-state index in [1.807, 2.05) is 0 Å². The molecule has 0 heterocycles. The quantitative estimate of drug-likeness (QED) is 0.634. The van der Waals surface area contributed by atoms with Crippen molar-refractivity contribution in [2.45, 2.75) is 26.2 Å². The second kappa shape index (κ2) is 4.97. The smallest absolute Gasteiger partial charge is 0.0276 e. The highest BCUT2D eigenvalue weighted by Crippen LogP contribution is 2.11. The Bertz CT molecular complexity index is 201. The van der Waals surface area contributed by atoms with E-state index in [9.17, 15) is 0 Å². The minimum Gasteiger partial charge on any atom is -0.0651 e. The second-order valence-electron chi connectivity index (χ2n) is 3.30. The van der Waals surface area contributed by atoms with E-state index in [1.54, 1.807) is 0 Å². The van der Waals surface area contributed by atoms with Gasteiger partial charge in [0.25, 0.3) is 0 Å². The molecule has 1 aromatic carbocycles. The molecule has 0 fully saturated rings. The maximum Gasteiger partial charge on any atom is -0.0276 e. The molecule has 0 spiro atoms. The number of aryl methyl sites for hydroxylation is 1. The average Bonchev–Trinajstić information content (AvgIpc) is 2.16. The lowest BCUT2D eigenvalue weighted by molar-refractivity contribution is 0.569. The lowest BCUT2D eigenvalue weighted by Gasteiger charge is -2.06. The summed E-state index contributed by atoms with van der Waals surface area (Å²) in [4.78, 5) is 0. The van der Waals surface area contributed by atoms with Gasteiger partial charge in [-0.25, -0.2) is 0 Å². The summed E-state index contributed by atoms with van der Waals surface area (Å²) in [7, 11) is 0. The van der Waals surface area contributed by atoms with Crippen LogP contribution in [0.3, 0.4) is 0 Å². The minimum atomic E-state index is 0.616. The molecule has 0 amide bonds. The fraction of sp³-hybridized carbons (Fsp3) is 0.417. The van der Waals surface area contributed by atoms with Crippen molar-refractivity contribution in [1.82, 2.24) is 0 Å². The van der Waals surface area contributed by atoms with Crippen LogP contribution in [0.4, 0.5) is 0 Å². The van der Waals surface area contributed by atoms with E-state index in [-0.39, 0.29) is 0 Å². The highest BCUT2D eigenvalue weighted by atomic mass is 14.0. The van der Waals surface area contributed by atoms with Gasteiger partial charge in [0.2, 0.25) is 0 Å². The van der Waals surface area contributed by atoms with Crippen molar-refractivity contribution in [3.63, 3.8) is 0 Å². The maximum atomic E-state index is 4.07. The van der Waals surface area contributed by atoms with Crippen molar-refractivity contribution in [3.05, 3.63) is 42.8 Å². The molecule has 0 aliphatic heterocycles. The van der Waals surface area contributed by atoms with Gasteiger partial charge in [-0.3, -0.25) is 0 Å². The van der Waals surface area contributed by atoms with Crippen LogP contribution in [0.15, 0.2) is 30.3 Å². The summed E-state index contributed by atoms with van der Waals surface area (Å²) < 4.78 is 0. The Hall–Kier alpha value is -0.780. The molecule has 1 aromatic rings. The molecular formula is C12H17. The van der Waals surface area contributed by atoms with Crippen LogP contribution in [0.2, 0.25) is 0 Å². The monoisotopic (exact) mass is 161 g/mol. The average molecular weight is 161 g/mol. The van der Waals surface area contributed by atoms with E-state index in [2.05, 4.69) is 44.2 Å². The first-order chi connectivity index (χ1) is 5.83. The first kappa shape index (κ1) is 9.31. The van der Waals surface area contributed by atoms with E-state index in [0.717, 1.165) is 0 Å². The predicted molar refractivity (Wildman–Crippen MR) is 53.9 cm³/mol. The van der Waals surface area contributed by atoms with Gasteiger partial charge in [0, 0.05) is 0 Å². The molecule has 0 nitrogen and oxygen atoms in total. The highest BCUT2D eigenvalue weighted by Gasteiger charge is 1.98. The third-order valence-corrected chi connectivity index (χ3v) is 2.26. The van der Waals surface area contributed by atoms with Crippen LogP contribution in [0.5, 0.6) is 0 Å². The number of rotatable bonds is 4. The van der Waals surface area contributed by atoms with Gasteiger partial charge < -0.3 is 0 Å². The van der Waals surface area contributed by atoms with E-state index >= 15 is 0 Å². The van der Waals surface area contributed by atoms with Crippen LogP contribution in [-0.2, 0) is 6.42 Å². The lowest BCUT2D eigenvalue weighted by Crippen LogP contribution is -1.95. The van der Waals surface area contributed by atoms with E-state index in [0.29, 0.717) is 5.92 Å². The Balaban J connectivity index is 2.33. The van der Waals surface area contributed by atoms with Crippen molar-refractivity contribution < 1.29 is 0 Å². The van der Waals surface area contributed by atoms with Gasteiger partial charge in [-0.05, 0) is 24.3 Å². The normalized spacial score (nSPS) is 12.8. The second-order valence-corrected chi connectivity index (χ2v) is 3.30. The Kier molecular flexibility index (Phi) is 3.86. The summed E-state index contributed by atoms with van der Waals surface area (Å²) in [6.07, 6.45) is 3.57. The Labute approximate surface area is 75.6 Å². The van der Waals surface area contributed by atoms with Crippen molar-refractivity contribution in [2.75, 3.05) is 0 Å². The fourth-order valence-electron chi connectivity index (χ4n) is 1.22. The van der Waals surface area contributed by atoms with Crippen LogP contribution >= 0.6 is 0 Å². The minimum absolute atomic E-state index is 0.616. The molecule has 12 heavy (non-hydrogen) atoms. The molecule has 0 aromatic heterocycles. The summed E-state index contributed by atoms with van der Waals surface area (Å²) >= 11 is 0. The summed E-state index contributed by atoms with van der Waals surface area (Å²) in [6.45, 7) is 6.27. The van der Waals surface area contributed by atoms with Crippen molar-refractivity contribution in [2.24, 2.45) is 5.92 Å². The van der Waals surface area contributed by atoms with Gasteiger partial charge in [0.1, 0.15) is 0 Å². The Morgan fingerprint density at radius 2 is 1.92 bits per heavy atom. The van der Waals surface area contributed by atoms with Gasteiger partial charge in [-0.1, -0.05) is 50.6 Å². The first-order valence-electron chi connectivity index (χ1n) is 4.70. The number of hydrogen-bond donors (Lipinski definition) is 0. The highest BCUT2D eigenvalue weighted by molar-refractivity contribution is 5.14. The molecule has 0 heteroatoms. The zero-order chi connectivity index (χ0) is 8.81. The summed E-state index contributed by atoms with van der Waals surface area (Å²) in [5, 5.41) is 0. The molecular weight excluding hydrogens is 144 g/mol. The first-order valence-corrected chi connectivity index (χ1v) is 4.70. The Morgan fingerprint density at radius 1 is 1.25 bits per heavy atom. The largest absolute Gasteiger partial charge is 0.0651 e. The zero-order valence-electron chi connectivity index (χ0n) is 7.79. The molecule has 0 saturated carbocycles. The summed E-state index contributed by atoms with van der Waals surface area (Å²) in [5.41, 5.74) is 1.43. The fourth-order valence-corrected chi connectivity index (χ4v) is 1.22. The van der Waals surface area contributed by atoms with E-state index in [4.69, 9.17) is 0 Å². The molecule has 0 N–H and O–H groups in total. The summed E-state index contributed by atoms with van der Waals surface area (Å²) in [6, 6.07) is 10.6. The van der Waals surface area contributed by atoms with Crippen molar-refractivity contribution >= 4 is 0 Å². The third kappa shape index (κ3) is 3.08. The van der Waals surface area contributed by atoms with Crippen LogP contribution in [-0.4, -0.2) is 0 Å².